The van der Waals surface area contributed by atoms with Gasteiger partial charge in [0.05, 0.1) is 19.7 Å². The molecule has 0 spiro atoms. The van der Waals surface area contributed by atoms with Gasteiger partial charge in [0.15, 0.2) is 0 Å². The summed E-state index contributed by atoms with van der Waals surface area (Å²) >= 11 is 0. The summed E-state index contributed by atoms with van der Waals surface area (Å²) in [6.07, 6.45) is 1.25. The number of rotatable bonds is 6. The Labute approximate surface area is 162 Å². The summed E-state index contributed by atoms with van der Waals surface area (Å²) < 4.78 is 5.26. The summed E-state index contributed by atoms with van der Waals surface area (Å²) in [5.74, 6) is 2.18. The molecule has 0 aromatic heterocycles. The van der Waals surface area contributed by atoms with Gasteiger partial charge in [-0.05, 0) is 41.5 Å². The van der Waals surface area contributed by atoms with Gasteiger partial charge >= 0.3 is 0 Å². The summed E-state index contributed by atoms with van der Waals surface area (Å²) in [5, 5.41) is 3.24. The average molecular weight is 367 g/mol. The van der Waals surface area contributed by atoms with E-state index in [0.29, 0.717) is 18.4 Å². The molecule has 0 saturated carbocycles. The molecule has 0 unspecified atom stereocenters. The molecule has 1 heterocycles. The average Bonchev–Trinajstić information content (AvgIpc) is 2.66. The smallest absolute Gasteiger partial charge is 0.234 e. The highest BCUT2D eigenvalue weighted by molar-refractivity contribution is 5.79. The van der Waals surface area contributed by atoms with E-state index in [1.54, 1.807) is 7.11 Å². The van der Waals surface area contributed by atoms with Crippen LogP contribution in [0.1, 0.15) is 37.4 Å². The fourth-order valence-corrected chi connectivity index (χ4v) is 4.13. The van der Waals surface area contributed by atoms with Crippen LogP contribution in [0.3, 0.4) is 0 Å². The minimum atomic E-state index is -0.163. The van der Waals surface area contributed by atoms with Gasteiger partial charge in [-0.25, -0.2) is 0 Å². The van der Waals surface area contributed by atoms with E-state index in [1.807, 2.05) is 42.5 Å². The minimum Gasteiger partial charge on any atom is -0.497 e. The van der Waals surface area contributed by atoms with Crippen molar-refractivity contribution in [1.29, 1.82) is 0 Å². The maximum absolute atomic E-state index is 12.8. The number of nitrogens with zero attached hydrogens (tertiary/aromatic N) is 1. The van der Waals surface area contributed by atoms with Crippen LogP contribution in [0.5, 0.6) is 5.75 Å². The van der Waals surface area contributed by atoms with E-state index in [2.05, 4.69) is 36.2 Å². The van der Waals surface area contributed by atoms with Gasteiger partial charge in [-0.2, -0.15) is 0 Å². The molecule has 4 heteroatoms. The van der Waals surface area contributed by atoms with Gasteiger partial charge in [-0.3, -0.25) is 9.69 Å². The Morgan fingerprint density at radius 2 is 1.63 bits per heavy atom. The molecule has 0 aliphatic carbocycles. The number of carbonyl (C=O) groups excluding carboxylic acids is 1. The Morgan fingerprint density at radius 3 is 2.22 bits per heavy atom. The van der Waals surface area contributed by atoms with E-state index < -0.39 is 0 Å². The lowest BCUT2D eigenvalue weighted by Gasteiger charge is -2.34. The van der Waals surface area contributed by atoms with Crippen molar-refractivity contribution in [3.63, 3.8) is 0 Å². The molecule has 144 valence electrons. The normalized spacial score (nSPS) is 21.4. The highest BCUT2D eigenvalue weighted by atomic mass is 16.5. The molecule has 3 atom stereocenters. The van der Waals surface area contributed by atoms with E-state index in [-0.39, 0.29) is 11.9 Å². The van der Waals surface area contributed by atoms with Crippen molar-refractivity contribution in [2.75, 3.05) is 26.7 Å². The largest absolute Gasteiger partial charge is 0.497 e. The third-order valence-electron chi connectivity index (χ3n) is 5.20. The first kappa shape index (κ1) is 19.4. The van der Waals surface area contributed by atoms with Gasteiger partial charge in [-0.1, -0.05) is 56.3 Å². The number of ether oxygens (including phenoxy) is 1. The van der Waals surface area contributed by atoms with E-state index in [4.69, 9.17) is 4.74 Å². The van der Waals surface area contributed by atoms with Crippen molar-refractivity contribution in [3.05, 3.63) is 65.7 Å². The molecule has 27 heavy (non-hydrogen) atoms. The SMILES string of the molecule is COc1ccc([C@@H](NC(=O)CN2C[C@H](C)C[C@@H](C)C2)c2ccccc2)cc1. The Kier molecular flexibility index (Phi) is 6.51. The van der Waals surface area contributed by atoms with Gasteiger partial charge in [-0.15, -0.1) is 0 Å². The molecule has 3 rings (SSSR count). The van der Waals surface area contributed by atoms with Crippen molar-refractivity contribution in [2.45, 2.75) is 26.3 Å². The number of benzene rings is 2. The monoisotopic (exact) mass is 366 g/mol. The highest BCUT2D eigenvalue weighted by Crippen LogP contribution is 2.25. The van der Waals surface area contributed by atoms with Crippen LogP contribution >= 0.6 is 0 Å². The zero-order valence-electron chi connectivity index (χ0n) is 16.5. The molecule has 2 aromatic rings. The van der Waals surface area contributed by atoms with E-state index in [9.17, 15) is 4.79 Å². The third kappa shape index (κ3) is 5.33. The number of methoxy groups -OCH3 is 1. The van der Waals surface area contributed by atoms with Crippen LogP contribution < -0.4 is 10.1 Å². The Hall–Kier alpha value is -2.33. The lowest BCUT2D eigenvalue weighted by Crippen LogP contribution is -2.45. The van der Waals surface area contributed by atoms with Crippen LogP contribution in [0, 0.1) is 11.8 Å². The predicted octanol–water partition coefficient (Wildman–Crippen LogP) is 3.88. The molecule has 1 saturated heterocycles. The van der Waals surface area contributed by atoms with Crippen molar-refractivity contribution in [3.8, 4) is 5.75 Å². The summed E-state index contributed by atoms with van der Waals surface area (Å²) in [6, 6.07) is 17.9. The lowest BCUT2D eigenvalue weighted by molar-refractivity contribution is -0.123. The predicted molar refractivity (Wildman–Crippen MR) is 109 cm³/mol. The first-order valence-electron chi connectivity index (χ1n) is 9.75. The molecule has 2 aromatic carbocycles. The second-order valence-corrected chi connectivity index (χ2v) is 7.82. The minimum absolute atomic E-state index is 0.0703. The topological polar surface area (TPSA) is 41.6 Å². The first-order valence-corrected chi connectivity index (χ1v) is 9.75. The van der Waals surface area contributed by atoms with Crippen LogP contribution in [0.15, 0.2) is 54.6 Å². The molecular weight excluding hydrogens is 336 g/mol. The number of amides is 1. The second-order valence-electron chi connectivity index (χ2n) is 7.82. The van der Waals surface area contributed by atoms with Gasteiger partial charge < -0.3 is 10.1 Å². The van der Waals surface area contributed by atoms with Crippen LogP contribution in [0.2, 0.25) is 0 Å². The van der Waals surface area contributed by atoms with E-state index >= 15 is 0 Å². The Bertz CT molecular complexity index is 720. The molecule has 0 radical (unpaired) electrons. The second kappa shape index (κ2) is 9.05. The summed E-state index contributed by atoms with van der Waals surface area (Å²) in [6.45, 7) is 6.98. The van der Waals surface area contributed by atoms with Crippen LogP contribution in [0.4, 0.5) is 0 Å². The fourth-order valence-electron chi connectivity index (χ4n) is 4.13. The molecule has 1 amide bonds. The summed E-state index contributed by atoms with van der Waals surface area (Å²) in [4.78, 5) is 15.1. The number of nitrogens with one attached hydrogen (secondary N) is 1. The first-order chi connectivity index (χ1) is 13.0. The number of carbonyl (C=O) groups is 1. The number of piperidine rings is 1. The lowest BCUT2D eigenvalue weighted by atomic mass is 9.92. The standard InChI is InChI=1S/C23H30N2O2/c1-17-13-18(2)15-25(14-17)16-22(26)24-23(19-7-5-4-6-8-19)20-9-11-21(27-3)12-10-20/h4-12,17-18,23H,13-16H2,1-3H3,(H,24,26)/t17-,18-,23+/m1/s1. The van der Waals surface area contributed by atoms with Crippen LogP contribution in [-0.2, 0) is 4.79 Å². The van der Waals surface area contributed by atoms with Gasteiger partial charge in [0.25, 0.3) is 0 Å². The summed E-state index contributed by atoms with van der Waals surface area (Å²) in [7, 11) is 1.66. The molecule has 1 aliphatic rings. The number of hydrogen-bond acceptors (Lipinski definition) is 3. The zero-order chi connectivity index (χ0) is 19.2. The Morgan fingerprint density at radius 1 is 1.04 bits per heavy atom. The molecule has 1 fully saturated rings. The maximum Gasteiger partial charge on any atom is 0.234 e. The summed E-state index contributed by atoms with van der Waals surface area (Å²) in [5.41, 5.74) is 2.13. The van der Waals surface area contributed by atoms with Crippen molar-refractivity contribution in [2.24, 2.45) is 11.8 Å². The maximum atomic E-state index is 12.8. The fraction of sp³-hybridized carbons (Fsp3) is 0.435. The molecule has 1 aliphatic heterocycles. The number of hydrogen-bond donors (Lipinski definition) is 1. The molecule has 4 nitrogen and oxygen atoms in total. The van der Waals surface area contributed by atoms with Crippen molar-refractivity contribution >= 4 is 5.91 Å². The zero-order valence-corrected chi connectivity index (χ0v) is 16.5. The molecule has 1 N–H and O–H groups in total. The van der Waals surface area contributed by atoms with E-state index in [0.717, 1.165) is 30.0 Å². The number of likely N-dealkylation sites (tertiary alicyclic amines) is 1. The Balaban J connectivity index is 1.74. The van der Waals surface area contributed by atoms with Crippen molar-refractivity contribution < 1.29 is 9.53 Å². The van der Waals surface area contributed by atoms with E-state index in [1.165, 1.54) is 6.42 Å². The van der Waals surface area contributed by atoms with Crippen LogP contribution in [-0.4, -0.2) is 37.6 Å². The highest BCUT2D eigenvalue weighted by Gasteiger charge is 2.24. The van der Waals surface area contributed by atoms with Crippen LogP contribution in [0.25, 0.3) is 0 Å². The van der Waals surface area contributed by atoms with Gasteiger partial charge in [0, 0.05) is 13.1 Å². The van der Waals surface area contributed by atoms with Gasteiger partial charge in [0.1, 0.15) is 5.75 Å². The third-order valence-corrected chi connectivity index (χ3v) is 5.20. The van der Waals surface area contributed by atoms with Gasteiger partial charge in [0.2, 0.25) is 5.91 Å². The molecular formula is C23H30N2O2. The van der Waals surface area contributed by atoms with Crippen molar-refractivity contribution in [1.82, 2.24) is 10.2 Å². The molecule has 0 bridgehead atoms. The quantitative estimate of drug-likeness (QED) is 0.844.